The van der Waals surface area contributed by atoms with Crippen molar-refractivity contribution in [2.75, 3.05) is 19.8 Å². The summed E-state index contributed by atoms with van der Waals surface area (Å²) in [5.74, 6) is 2.22. The van der Waals surface area contributed by atoms with Crippen LogP contribution in [0.5, 0.6) is 0 Å². The van der Waals surface area contributed by atoms with Crippen LogP contribution in [0.3, 0.4) is 0 Å². The first-order valence-electron chi connectivity index (χ1n) is 15.1. The highest BCUT2D eigenvalue weighted by Gasteiger charge is 2.66. The minimum Gasteiger partial charge on any atom is -0.481 e. The molecule has 3 unspecified atom stereocenters. The lowest BCUT2D eigenvalue weighted by Gasteiger charge is -2.64. The number of aliphatic carboxylic acids is 1. The SMILES string of the molecule is C=CCO[C@@H]1CC[C@@]2(C)C(C1)C[C@@H](OCC=C)C1C2C[C@H](OCC=C)[C@]2(C)[C@@H]([C@H](C)CCC(=O)O)CC[C@@H]12. The highest BCUT2D eigenvalue weighted by molar-refractivity contribution is 5.66. The molecule has 0 spiro atoms. The standard InChI is InChI=1S/C33H52O5/c1-7-16-36-24-14-15-32(5)23(19-24)20-28(37-17-8-2)31-26-12-11-25(22(4)10-13-30(34)35)33(26,6)29(21-27(31)32)38-18-9-3/h7-9,22-29,31H,1-3,10-21H2,4-6H3,(H,34,35)/t22-,23?,24-,25-,26+,27?,28-,29+,31?,32+,33-/m1/s1. The Kier molecular flexibility index (Phi) is 9.64. The molecule has 38 heavy (non-hydrogen) atoms. The number of carboxylic acid groups (broad SMARTS) is 1. The van der Waals surface area contributed by atoms with E-state index in [1.54, 1.807) is 0 Å². The molecular formula is C33H52O5. The highest BCUT2D eigenvalue weighted by atomic mass is 16.5. The van der Waals surface area contributed by atoms with Crippen LogP contribution in [0.2, 0.25) is 0 Å². The largest absolute Gasteiger partial charge is 0.481 e. The summed E-state index contributed by atoms with van der Waals surface area (Å²) in [6, 6.07) is 0. The second-order valence-electron chi connectivity index (χ2n) is 13.2. The molecule has 0 aromatic carbocycles. The van der Waals surface area contributed by atoms with Crippen LogP contribution in [0.15, 0.2) is 38.0 Å². The predicted molar refractivity (Wildman–Crippen MR) is 152 cm³/mol. The molecule has 0 heterocycles. The van der Waals surface area contributed by atoms with Crippen molar-refractivity contribution in [2.45, 2.75) is 96.9 Å². The third-order valence-electron chi connectivity index (χ3n) is 11.5. The minimum absolute atomic E-state index is 0.00531. The molecule has 4 aliphatic rings. The molecule has 0 amide bonds. The molecule has 11 atom stereocenters. The van der Waals surface area contributed by atoms with E-state index in [1.807, 2.05) is 18.2 Å². The van der Waals surface area contributed by atoms with E-state index in [4.69, 9.17) is 14.2 Å². The van der Waals surface area contributed by atoms with Crippen LogP contribution in [0.25, 0.3) is 0 Å². The van der Waals surface area contributed by atoms with E-state index in [1.165, 1.54) is 12.8 Å². The van der Waals surface area contributed by atoms with Gasteiger partial charge in [0, 0.05) is 11.8 Å². The molecule has 4 rings (SSSR count). The van der Waals surface area contributed by atoms with E-state index in [0.717, 1.165) is 38.5 Å². The number of ether oxygens (including phenoxy) is 3. The minimum atomic E-state index is -0.698. The number of carboxylic acids is 1. The fraction of sp³-hybridized carbons (Fsp3) is 0.788. The van der Waals surface area contributed by atoms with Gasteiger partial charge < -0.3 is 19.3 Å². The van der Waals surface area contributed by atoms with Gasteiger partial charge in [0.05, 0.1) is 38.1 Å². The van der Waals surface area contributed by atoms with Crippen LogP contribution >= 0.6 is 0 Å². The van der Waals surface area contributed by atoms with Crippen LogP contribution in [0.1, 0.15) is 78.6 Å². The van der Waals surface area contributed by atoms with Gasteiger partial charge in [-0.25, -0.2) is 0 Å². The van der Waals surface area contributed by atoms with Gasteiger partial charge in [-0.2, -0.15) is 0 Å². The fourth-order valence-corrected chi connectivity index (χ4v) is 9.77. The summed E-state index contributed by atoms with van der Waals surface area (Å²) in [4.78, 5) is 11.4. The van der Waals surface area contributed by atoms with Gasteiger partial charge in [-0.05, 0) is 92.3 Å². The van der Waals surface area contributed by atoms with Gasteiger partial charge in [0.15, 0.2) is 0 Å². The molecule has 0 radical (unpaired) electrons. The Bertz CT molecular complexity index is 854. The van der Waals surface area contributed by atoms with Crippen molar-refractivity contribution in [1.29, 1.82) is 0 Å². The summed E-state index contributed by atoms with van der Waals surface area (Å²) in [5, 5.41) is 9.37. The zero-order chi connectivity index (χ0) is 27.5. The monoisotopic (exact) mass is 528 g/mol. The lowest BCUT2D eigenvalue weighted by Crippen LogP contribution is -2.63. The first kappa shape index (κ1) is 29.6. The maximum absolute atomic E-state index is 11.4. The summed E-state index contributed by atoms with van der Waals surface area (Å²) in [7, 11) is 0. The molecule has 0 aromatic rings. The molecule has 0 bridgehead atoms. The van der Waals surface area contributed by atoms with Crippen molar-refractivity contribution in [3.05, 3.63) is 38.0 Å². The van der Waals surface area contributed by atoms with Crippen LogP contribution < -0.4 is 0 Å². The van der Waals surface area contributed by atoms with Crippen molar-refractivity contribution in [3.8, 4) is 0 Å². The number of hydrogen-bond acceptors (Lipinski definition) is 4. The first-order valence-corrected chi connectivity index (χ1v) is 15.1. The third kappa shape index (κ3) is 5.45. The molecule has 5 nitrogen and oxygen atoms in total. The molecular weight excluding hydrogens is 476 g/mol. The molecule has 1 N–H and O–H groups in total. The van der Waals surface area contributed by atoms with Crippen molar-refractivity contribution < 1.29 is 24.1 Å². The second-order valence-corrected chi connectivity index (χ2v) is 13.2. The van der Waals surface area contributed by atoms with E-state index in [-0.39, 0.29) is 29.5 Å². The number of carbonyl (C=O) groups is 1. The van der Waals surface area contributed by atoms with Gasteiger partial charge in [0.1, 0.15) is 0 Å². The lowest BCUT2D eigenvalue weighted by molar-refractivity contribution is -0.223. The first-order chi connectivity index (χ1) is 18.2. The molecule has 4 saturated carbocycles. The highest BCUT2D eigenvalue weighted by Crippen LogP contribution is 2.69. The Balaban J connectivity index is 1.67. The quantitative estimate of drug-likeness (QED) is 0.259. The maximum Gasteiger partial charge on any atom is 0.303 e. The van der Waals surface area contributed by atoms with Crippen LogP contribution in [0, 0.1) is 46.3 Å². The van der Waals surface area contributed by atoms with E-state index in [2.05, 4.69) is 40.5 Å². The Hall–Kier alpha value is -1.43. The Labute approximate surface area is 231 Å². The maximum atomic E-state index is 11.4. The second kappa shape index (κ2) is 12.4. The van der Waals surface area contributed by atoms with Crippen LogP contribution in [-0.2, 0) is 19.0 Å². The van der Waals surface area contributed by atoms with Crippen molar-refractivity contribution in [3.63, 3.8) is 0 Å². The Morgan fingerprint density at radius 3 is 2.32 bits per heavy atom. The van der Waals surface area contributed by atoms with Gasteiger partial charge in [0.2, 0.25) is 0 Å². The third-order valence-corrected chi connectivity index (χ3v) is 11.5. The Morgan fingerprint density at radius 2 is 1.63 bits per heavy atom. The molecule has 5 heteroatoms. The van der Waals surface area contributed by atoms with Gasteiger partial charge >= 0.3 is 5.97 Å². The zero-order valence-corrected chi connectivity index (χ0v) is 24.1. The fourth-order valence-electron chi connectivity index (χ4n) is 9.77. The lowest BCUT2D eigenvalue weighted by atomic mass is 9.43. The predicted octanol–water partition coefficient (Wildman–Crippen LogP) is 7.08. The summed E-state index contributed by atoms with van der Waals surface area (Å²) in [5.41, 5.74) is 0.252. The summed E-state index contributed by atoms with van der Waals surface area (Å²) in [6.07, 6.45) is 15.1. The number of rotatable bonds is 13. The number of fused-ring (bicyclic) bond motifs is 5. The van der Waals surface area contributed by atoms with E-state index < -0.39 is 5.97 Å². The summed E-state index contributed by atoms with van der Waals surface area (Å²) < 4.78 is 19.5. The summed E-state index contributed by atoms with van der Waals surface area (Å²) in [6.45, 7) is 20.8. The van der Waals surface area contributed by atoms with Crippen molar-refractivity contribution in [2.24, 2.45) is 46.3 Å². The molecule has 4 aliphatic carbocycles. The topological polar surface area (TPSA) is 65.0 Å². The average molecular weight is 529 g/mol. The average Bonchev–Trinajstić information content (AvgIpc) is 3.26. The van der Waals surface area contributed by atoms with E-state index in [9.17, 15) is 9.90 Å². The van der Waals surface area contributed by atoms with Crippen molar-refractivity contribution in [1.82, 2.24) is 0 Å². The molecule has 214 valence electrons. The van der Waals surface area contributed by atoms with E-state index >= 15 is 0 Å². The molecule has 0 aromatic heterocycles. The van der Waals surface area contributed by atoms with Crippen molar-refractivity contribution >= 4 is 5.97 Å². The molecule has 4 fully saturated rings. The van der Waals surface area contributed by atoms with Gasteiger partial charge in [-0.3, -0.25) is 4.79 Å². The normalized spacial score (nSPS) is 42.8. The summed E-state index contributed by atoms with van der Waals surface area (Å²) >= 11 is 0. The van der Waals surface area contributed by atoms with Gasteiger partial charge in [-0.1, -0.05) is 39.0 Å². The van der Waals surface area contributed by atoms with Crippen LogP contribution in [-0.4, -0.2) is 49.2 Å². The number of hydrogen-bond donors (Lipinski definition) is 1. The molecule has 0 aliphatic heterocycles. The van der Waals surface area contributed by atoms with Gasteiger partial charge in [0.25, 0.3) is 0 Å². The Morgan fingerprint density at radius 1 is 0.947 bits per heavy atom. The van der Waals surface area contributed by atoms with Crippen LogP contribution in [0.4, 0.5) is 0 Å². The zero-order valence-electron chi connectivity index (χ0n) is 24.1. The molecule has 0 saturated heterocycles. The smallest absolute Gasteiger partial charge is 0.303 e. The van der Waals surface area contributed by atoms with E-state index in [0.29, 0.717) is 61.4 Å². The van der Waals surface area contributed by atoms with Gasteiger partial charge in [-0.15, -0.1) is 19.7 Å².